The molecule has 2 fully saturated rings. The molecule has 1 atom stereocenters. The Morgan fingerprint density at radius 3 is 2.70 bits per heavy atom. The molecule has 5 nitrogen and oxygen atoms in total. The van der Waals surface area contributed by atoms with Crippen LogP contribution in [0.5, 0.6) is 0 Å². The van der Waals surface area contributed by atoms with Crippen molar-refractivity contribution in [2.24, 2.45) is 13.0 Å². The van der Waals surface area contributed by atoms with E-state index in [-0.39, 0.29) is 6.04 Å². The van der Waals surface area contributed by atoms with E-state index in [2.05, 4.69) is 30.0 Å². The Morgan fingerprint density at radius 2 is 2.00 bits per heavy atom. The van der Waals surface area contributed by atoms with Gasteiger partial charge < -0.3 is 9.80 Å². The zero-order valence-electron chi connectivity index (χ0n) is 14.8. The molecule has 1 aliphatic carbocycles. The summed E-state index contributed by atoms with van der Waals surface area (Å²) in [7, 11) is 6.14. The van der Waals surface area contributed by atoms with Gasteiger partial charge in [0.2, 0.25) is 5.91 Å². The van der Waals surface area contributed by atoms with Crippen LogP contribution in [0.4, 0.5) is 0 Å². The molecule has 1 aromatic rings. The maximum absolute atomic E-state index is 12.7. The van der Waals surface area contributed by atoms with Crippen molar-refractivity contribution in [1.82, 2.24) is 19.6 Å². The monoisotopic (exact) mass is 318 g/mol. The molecule has 2 heterocycles. The zero-order chi connectivity index (χ0) is 16.4. The lowest BCUT2D eigenvalue weighted by Gasteiger charge is -2.24. The number of hydrogen-bond donors (Lipinski definition) is 0. The highest BCUT2D eigenvalue weighted by molar-refractivity contribution is 5.77. The van der Waals surface area contributed by atoms with Gasteiger partial charge in [0.25, 0.3) is 0 Å². The highest BCUT2D eigenvalue weighted by Gasteiger charge is 2.33. The van der Waals surface area contributed by atoms with E-state index >= 15 is 0 Å². The van der Waals surface area contributed by atoms with Gasteiger partial charge in [-0.3, -0.25) is 9.48 Å². The minimum atomic E-state index is 0.186. The first-order chi connectivity index (χ1) is 11.0. The van der Waals surface area contributed by atoms with Gasteiger partial charge in [-0.25, -0.2) is 0 Å². The van der Waals surface area contributed by atoms with Gasteiger partial charge in [-0.2, -0.15) is 5.10 Å². The molecule has 0 aromatic carbocycles. The molecule has 3 rings (SSSR count). The van der Waals surface area contributed by atoms with E-state index < -0.39 is 0 Å². The van der Waals surface area contributed by atoms with Crippen LogP contribution in [0.3, 0.4) is 0 Å². The van der Waals surface area contributed by atoms with Gasteiger partial charge in [0, 0.05) is 26.6 Å². The minimum Gasteiger partial charge on any atom is -0.334 e. The fourth-order valence-electron chi connectivity index (χ4n) is 4.12. The van der Waals surface area contributed by atoms with Gasteiger partial charge >= 0.3 is 0 Å². The predicted molar refractivity (Wildman–Crippen MR) is 90.9 cm³/mol. The van der Waals surface area contributed by atoms with Crippen LogP contribution in [-0.2, 0) is 18.4 Å². The zero-order valence-corrected chi connectivity index (χ0v) is 14.8. The lowest BCUT2D eigenvalue weighted by atomic mass is 10.0. The van der Waals surface area contributed by atoms with Crippen LogP contribution >= 0.6 is 0 Å². The predicted octanol–water partition coefficient (Wildman–Crippen LogP) is 2.73. The summed E-state index contributed by atoms with van der Waals surface area (Å²) in [5, 5.41) is 4.71. The van der Waals surface area contributed by atoms with Crippen LogP contribution in [0, 0.1) is 5.92 Å². The molecule has 128 valence electrons. The van der Waals surface area contributed by atoms with Gasteiger partial charge in [0.1, 0.15) is 0 Å². The van der Waals surface area contributed by atoms with Gasteiger partial charge in [0.05, 0.1) is 17.4 Å². The van der Waals surface area contributed by atoms with E-state index in [0.29, 0.717) is 11.8 Å². The Balaban J connectivity index is 1.69. The molecule has 0 unspecified atom stereocenters. The fraction of sp³-hybridized carbons (Fsp3) is 0.778. The SMILES string of the molecule is CN(C)Cc1cc([C@H]2CCCN2C(=O)CC2CCCC2)nn1C. The Morgan fingerprint density at radius 1 is 1.26 bits per heavy atom. The van der Waals surface area contributed by atoms with Crippen molar-refractivity contribution >= 4 is 5.91 Å². The Labute approximate surface area is 139 Å². The molecular formula is C18H30N4O. The summed E-state index contributed by atoms with van der Waals surface area (Å²) < 4.78 is 1.97. The molecule has 1 amide bonds. The van der Waals surface area contributed by atoms with Crippen molar-refractivity contribution in [3.8, 4) is 0 Å². The second-order valence-electron chi connectivity index (χ2n) is 7.52. The molecule has 1 saturated heterocycles. The maximum Gasteiger partial charge on any atom is 0.223 e. The minimum absolute atomic E-state index is 0.186. The van der Waals surface area contributed by atoms with Gasteiger partial charge in [-0.15, -0.1) is 0 Å². The topological polar surface area (TPSA) is 41.4 Å². The largest absolute Gasteiger partial charge is 0.334 e. The molecule has 1 saturated carbocycles. The Hall–Kier alpha value is -1.36. The number of hydrogen-bond acceptors (Lipinski definition) is 3. The van der Waals surface area contributed by atoms with Gasteiger partial charge in [0.15, 0.2) is 0 Å². The highest BCUT2D eigenvalue weighted by atomic mass is 16.2. The summed E-state index contributed by atoms with van der Waals surface area (Å²) in [4.78, 5) is 17.0. The van der Waals surface area contributed by atoms with Gasteiger partial charge in [-0.1, -0.05) is 12.8 Å². The molecule has 0 N–H and O–H groups in total. The van der Waals surface area contributed by atoms with E-state index in [9.17, 15) is 4.79 Å². The van der Waals surface area contributed by atoms with Crippen molar-refractivity contribution in [2.45, 2.75) is 57.5 Å². The van der Waals surface area contributed by atoms with Crippen LogP contribution < -0.4 is 0 Å². The lowest BCUT2D eigenvalue weighted by Crippen LogP contribution is -2.31. The van der Waals surface area contributed by atoms with Crippen molar-refractivity contribution < 1.29 is 4.79 Å². The second kappa shape index (κ2) is 7.04. The summed E-state index contributed by atoms with van der Waals surface area (Å²) >= 11 is 0. The van der Waals surface area contributed by atoms with Crippen molar-refractivity contribution in [2.75, 3.05) is 20.6 Å². The molecule has 1 aliphatic heterocycles. The smallest absolute Gasteiger partial charge is 0.223 e. The van der Waals surface area contributed by atoms with Crippen molar-refractivity contribution in [3.63, 3.8) is 0 Å². The maximum atomic E-state index is 12.7. The van der Waals surface area contributed by atoms with Crippen LogP contribution in [0.1, 0.15) is 62.4 Å². The summed E-state index contributed by atoms with van der Waals surface area (Å²) in [6.07, 6.45) is 7.97. The average molecular weight is 318 g/mol. The van der Waals surface area contributed by atoms with Crippen molar-refractivity contribution in [3.05, 3.63) is 17.5 Å². The first-order valence-corrected chi connectivity index (χ1v) is 9.01. The number of carbonyl (C=O) groups is 1. The first kappa shape index (κ1) is 16.5. The quantitative estimate of drug-likeness (QED) is 0.838. The Kier molecular flexibility index (Phi) is 5.05. The average Bonchev–Trinajstić information content (AvgIpc) is 3.20. The van der Waals surface area contributed by atoms with E-state index in [0.717, 1.165) is 38.0 Å². The molecule has 2 aliphatic rings. The second-order valence-corrected chi connectivity index (χ2v) is 7.52. The molecule has 5 heteroatoms. The molecule has 0 radical (unpaired) electrons. The third-order valence-corrected chi connectivity index (χ3v) is 5.33. The summed E-state index contributed by atoms with van der Waals surface area (Å²) in [5.74, 6) is 0.969. The normalized spacial score (nSPS) is 22.4. The highest BCUT2D eigenvalue weighted by Crippen LogP contribution is 2.34. The van der Waals surface area contributed by atoms with E-state index in [1.807, 2.05) is 11.7 Å². The third kappa shape index (κ3) is 3.77. The standard InChI is InChI=1S/C18H30N4O/c1-20(2)13-15-12-16(19-21(15)3)17-9-6-10-22(17)18(23)11-14-7-4-5-8-14/h12,14,17H,4-11,13H2,1-3H3/t17-/m1/s1. The molecule has 23 heavy (non-hydrogen) atoms. The summed E-state index contributed by atoms with van der Waals surface area (Å²) in [6, 6.07) is 2.37. The summed E-state index contributed by atoms with van der Waals surface area (Å²) in [6.45, 7) is 1.78. The number of rotatable bonds is 5. The van der Waals surface area contributed by atoms with E-state index in [4.69, 9.17) is 5.10 Å². The molecular weight excluding hydrogens is 288 g/mol. The van der Waals surface area contributed by atoms with Gasteiger partial charge in [-0.05, 0) is 51.8 Å². The molecule has 0 bridgehead atoms. The number of amides is 1. The van der Waals surface area contributed by atoms with Crippen LogP contribution in [0.2, 0.25) is 0 Å². The van der Waals surface area contributed by atoms with Crippen LogP contribution in [0.15, 0.2) is 6.07 Å². The van der Waals surface area contributed by atoms with Crippen molar-refractivity contribution in [1.29, 1.82) is 0 Å². The number of nitrogens with zero attached hydrogens (tertiary/aromatic N) is 4. The third-order valence-electron chi connectivity index (χ3n) is 5.33. The van der Waals surface area contributed by atoms with Crippen LogP contribution in [-0.4, -0.2) is 46.1 Å². The number of likely N-dealkylation sites (tertiary alicyclic amines) is 1. The molecule has 0 spiro atoms. The summed E-state index contributed by atoms with van der Waals surface area (Å²) in [5.41, 5.74) is 2.28. The lowest BCUT2D eigenvalue weighted by molar-refractivity contribution is -0.133. The number of carbonyl (C=O) groups excluding carboxylic acids is 1. The van der Waals surface area contributed by atoms with E-state index in [1.165, 1.54) is 31.4 Å². The van der Waals surface area contributed by atoms with Crippen LogP contribution in [0.25, 0.3) is 0 Å². The Bertz CT molecular complexity index is 545. The fourth-order valence-corrected chi connectivity index (χ4v) is 4.12. The number of aryl methyl sites for hydroxylation is 1. The first-order valence-electron chi connectivity index (χ1n) is 9.01. The van der Waals surface area contributed by atoms with E-state index in [1.54, 1.807) is 0 Å². The molecule has 1 aromatic heterocycles. The number of aromatic nitrogens is 2.